The van der Waals surface area contributed by atoms with Gasteiger partial charge in [-0.1, -0.05) is 76.3 Å². The number of amides is 8. The Balaban J connectivity index is 0.000000140. The van der Waals surface area contributed by atoms with Gasteiger partial charge < -0.3 is 59.1 Å². The fraction of sp³-hybridized carbons (Fsp3) is 0.438. The quantitative estimate of drug-likeness (QED) is 0.0408. The molecule has 4 aliphatic heterocycles. The van der Waals surface area contributed by atoms with Crippen molar-refractivity contribution in [1.82, 2.24) is 97.7 Å². The smallest absolute Gasteiger partial charge is 0.325 e. The summed E-state index contributed by atoms with van der Waals surface area (Å²) in [5.74, 6) is 2.72. The summed E-state index contributed by atoms with van der Waals surface area (Å²) in [5.41, 5.74) is 5.91. The van der Waals surface area contributed by atoms with Crippen molar-refractivity contribution in [3.05, 3.63) is 209 Å². The van der Waals surface area contributed by atoms with Gasteiger partial charge >= 0.3 is 24.1 Å². The number of halogens is 6. The van der Waals surface area contributed by atoms with Crippen LogP contribution >= 0.6 is 34.8 Å². The number of hydrogen-bond donors (Lipinski definition) is 4. The van der Waals surface area contributed by atoms with Crippen LogP contribution in [-0.4, -0.2) is 206 Å². The number of rotatable bonds is 24. The topological polar surface area (TPSA) is 317 Å². The second-order valence-electron chi connectivity index (χ2n) is 34.0. The molecule has 8 atom stereocenters. The lowest BCUT2D eigenvalue weighted by molar-refractivity contribution is -0.0439. The molecular formula is C89H108Cl3F3N28O4. The third kappa shape index (κ3) is 21.4. The number of likely N-dealkylation sites (N-methyl/N-ethyl adjacent to an activating group) is 4. The van der Waals surface area contributed by atoms with E-state index in [-0.39, 0.29) is 115 Å². The molecule has 8 aromatic heterocycles. The molecular weight excluding hydrogens is 1690 g/mol. The average Bonchev–Trinajstić information content (AvgIpc) is 1.62. The summed E-state index contributed by atoms with van der Waals surface area (Å²) in [6, 6.07) is 26.5. The van der Waals surface area contributed by atoms with Gasteiger partial charge in [0.15, 0.2) is 0 Å². The largest absolute Gasteiger partial charge is 0.346 e. The summed E-state index contributed by atoms with van der Waals surface area (Å²) in [5, 5.41) is 14.6. The number of alkyl halides is 2. The Labute approximate surface area is 756 Å². The first-order chi connectivity index (χ1) is 61.8. The van der Waals surface area contributed by atoms with Crippen LogP contribution in [0.5, 0.6) is 0 Å². The SMILES string of the molecule is CC(C)[C@H]1CN(C)C(=O)N1c1ccnc(N[C@@H](C)c2cn(C3CCC(F)(F)CC3)cn2)n1.C[C@H](Nc1nc(Cl)cc(N2C(=O)N(C)C[C@@H]2C2CC2)n1)c1cn(-c2ccc(F)cc2)cn1.Cc1nc([C@H](C)Nc2nccc(N3C(=O)N(C)C[C@@H]3C(C)C)n2)cn1-c1ccc(Cl)cc1.[2H]C([2H])([2H])N1C[C@H](C(C)C)N(c2ccnc(N[C@@H](C)c3cn(-c4ccc(Cl)cc4)cn3)n2)C1=O. The Hall–Kier alpha value is -12.2. The zero-order valence-electron chi connectivity index (χ0n) is 76.2. The molecule has 0 unspecified atom stereocenters. The molecule has 8 amide bonds. The minimum atomic E-state index is -2.54. The van der Waals surface area contributed by atoms with Gasteiger partial charge in [-0.05, 0) is 175 Å². The Bertz CT molecular complexity index is 5780. The van der Waals surface area contributed by atoms with Crippen molar-refractivity contribution in [2.45, 2.75) is 175 Å². The van der Waals surface area contributed by atoms with Gasteiger partial charge in [0.2, 0.25) is 29.7 Å². The summed E-state index contributed by atoms with van der Waals surface area (Å²) in [7, 11) is 5.42. The number of anilines is 8. The van der Waals surface area contributed by atoms with Crippen LogP contribution in [0.2, 0.25) is 15.2 Å². The van der Waals surface area contributed by atoms with E-state index in [1.54, 1.807) is 117 Å². The summed E-state index contributed by atoms with van der Waals surface area (Å²) < 4.78 is 70.8. The molecule has 3 aromatic carbocycles. The minimum absolute atomic E-state index is 0.0402. The van der Waals surface area contributed by atoms with E-state index in [4.69, 9.17) is 43.9 Å². The van der Waals surface area contributed by atoms with Gasteiger partial charge in [0.1, 0.15) is 40.1 Å². The van der Waals surface area contributed by atoms with Crippen molar-refractivity contribution in [3.63, 3.8) is 0 Å². The van der Waals surface area contributed by atoms with Crippen molar-refractivity contribution >= 4 is 106 Å². The van der Waals surface area contributed by atoms with Crippen LogP contribution in [0.25, 0.3) is 17.1 Å². The van der Waals surface area contributed by atoms with Gasteiger partial charge in [-0.25, -0.2) is 72.2 Å². The van der Waals surface area contributed by atoms with Crippen molar-refractivity contribution < 1.29 is 36.5 Å². The van der Waals surface area contributed by atoms with Gasteiger partial charge in [0, 0.05) is 154 Å². The standard InChI is InChI=1S/C23H28ClN7O.C22H23ClFN7O.C22H26ClN7O.C22H31F2N7O/c1-14(2)20-13-29(5)23(32)31(20)21-10-11-25-22(28-21)26-15(3)19-12-30(16(4)27-19)18-8-6-17(24)7-9-18;1-13(17-10-30(12-25-17)16-7-5-15(24)6-8-16)26-21-27-19(23)9-20(28-21)31-18(14-3-4-14)11-29(2)22(31)32;1-14(2)19-12-28(4)22(31)30(19)20-9-10-24-21(27-20)26-15(3)18-11-29(13-25-18)17-7-5-16(23)6-8-17;1-14(2)18-12-29(4)21(32)31(18)19-7-10-25-20(28-19)27-15(3)17-11-30(13-26-17)16-5-8-22(23,24)9-6-16/h6-12,14-15,20H,13H2,1-5H3,(H,25,26,28);5-10,12-14,18H,3-4,11H2,1-2H3,(H,26,27,28);5-11,13-15,19H,12H2,1-4H3,(H,24,26,27);7,10-11,13-16,18H,5-6,8-9,12H2,1-4H3,(H,25,27,28)/t15-,20+;13-,18+;15-,19+;15-,18+/m0000/s1/i;;4D3;. The van der Waals surface area contributed by atoms with E-state index in [1.807, 2.05) is 147 Å². The van der Waals surface area contributed by atoms with Crippen LogP contribution in [0.15, 0.2) is 159 Å². The number of aromatic nitrogens is 16. The lowest BCUT2D eigenvalue weighted by atomic mass is 9.92. The molecule has 38 heteroatoms. The van der Waals surface area contributed by atoms with Crippen molar-refractivity contribution in [2.24, 2.45) is 23.7 Å². The normalized spacial score (nSPS) is 19.7. The zero-order chi connectivity index (χ0) is 93.1. The number of urea groups is 4. The van der Waals surface area contributed by atoms with E-state index >= 15 is 0 Å². The van der Waals surface area contributed by atoms with Crippen LogP contribution in [0.4, 0.5) is 79.4 Å². The molecule has 127 heavy (non-hydrogen) atoms. The molecule has 32 nitrogen and oxygen atoms in total. The van der Waals surface area contributed by atoms with Crippen LogP contribution in [0, 0.1) is 36.4 Å². The predicted molar refractivity (Wildman–Crippen MR) is 486 cm³/mol. The molecule has 4 N–H and O–H groups in total. The number of imidazole rings is 4. The summed E-state index contributed by atoms with van der Waals surface area (Å²) in [4.78, 5) is 118. The molecule has 0 bridgehead atoms. The van der Waals surface area contributed by atoms with Crippen LogP contribution in [-0.2, 0) is 0 Å². The number of nitrogens with zero attached hydrogens (tertiary/aromatic N) is 24. The molecule has 2 saturated carbocycles. The Morgan fingerprint density at radius 2 is 0.827 bits per heavy atom. The van der Waals surface area contributed by atoms with Gasteiger partial charge in [0.05, 0.1) is 90.1 Å². The summed E-state index contributed by atoms with van der Waals surface area (Å²) >= 11 is 18.3. The highest BCUT2D eigenvalue weighted by atomic mass is 35.5. The Kier molecular flexibility index (Phi) is 26.6. The predicted octanol–water partition coefficient (Wildman–Crippen LogP) is 17.9. The highest BCUT2D eigenvalue weighted by Gasteiger charge is 2.47. The Morgan fingerprint density at radius 3 is 1.28 bits per heavy atom. The van der Waals surface area contributed by atoms with Crippen molar-refractivity contribution in [1.29, 1.82) is 0 Å². The highest BCUT2D eigenvalue weighted by molar-refractivity contribution is 6.31. The molecule has 6 aliphatic rings. The van der Waals surface area contributed by atoms with Gasteiger partial charge in [-0.2, -0.15) is 19.9 Å². The van der Waals surface area contributed by atoms with Crippen LogP contribution < -0.4 is 40.9 Å². The first kappa shape index (κ1) is 86.9. The zero-order valence-corrected chi connectivity index (χ0v) is 75.5. The second kappa shape index (κ2) is 38.9. The lowest BCUT2D eigenvalue weighted by Crippen LogP contribution is -2.38. The van der Waals surface area contributed by atoms with E-state index in [1.165, 1.54) is 17.0 Å². The summed E-state index contributed by atoms with van der Waals surface area (Å²) in [6.45, 7) is 21.7. The van der Waals surface area contributed by atoms with Crippen LogP contribution in [0.1, 0.15) is 171 Å². The maximum absolute atomic E-state index is 13.5. The lowest BCUT2D eigenvalue weighted by Gasteiger charge is -2.28. The molecule has 670 valence electrons. The third-order valence-electron chi connectivity index (χ3n) is 23.5. The maximum Gasteiger partial charge on any atom is 0.325 e. The van der Waals surface area contributed by atoms with E-state index in [0.29, 0.717) is 101 Å². The number of benzene rings is 3. The van der Waals surface area contributed by atoms with E-state index in [0.717, 1.165) is 63.4 Å². The van der Waals surface area contributed by atoms with Crippen molar-refractivity contribution in [2.75, 3.05) is 95.2 Å². The molecule has 11 aromatic rings. The fourth-order valence-corrected chi connectivity index (χ4v) is 16.4. The van der Waals surface area contributed by atoms with E-state index < -0.39 is 18.9 Å². The minimum Gasteiger partial charge on any atom is -0.346 e. The fourth-order valence-electron chi connectivity index (χ4n) is 16.0. The second-order valence-corrected chi connectivity index (χ2v) is 35.3. The molecule has 17 rings (SSSR count). The number of aryl methyl sites for hydroxylation is 1. The summed E-state index contributed by atoms with van der Waals surface area (Å²) in [6.07, 6.45) is 20.6. The maximum atomic E-state index is 13.5. The number of carbonyl (C=O) groups excluding carboxylic acids is 4. The molecule has 0 radical (unpaired) electrons. The third-order valence-corrected chi connectivity index (χ3v) is 24.2. The molecule has 6 fully saturated rings. The van der Waals surface area contributed by atoms with E-state index in [2.05, 4.69) is 104 Å². The van der Waals surface area contributed by atoms with Gasteiger partial charge in [-0.3, -0.25) is 19.6 Å². The van der Waals surface area contributed by atoms with Crippen molar-refractivity contribution in [3.8, 4) is 17.1 Å². The molecule has 4 saturated heterocycles. The molecule has 0 spiro atoms. The van der Waals surface area contributed by atoms with E-state index in [9.17, 15) is 32.3 Å². The number of carbonyl (C=O) groups is 4. The monoisotopic (exact) mass is 1800 g/mol. The first-order valence-electron chi connectivity index (χ1n) is 44.0. The van der Waals surface area contributed by atoms with Gasteiger partial charge in [0.25, 0.3) is 0 Å². The average molecular weight is 1800 g/mol. The number of nitrogens with one attached hydrogen (secondary N) is 4. The highest BCUT2D eigenvalue weighted by Crippen LogP contribution is 2.42. The molecule has 12 heterocycles. The first-order valence-corrected chi connectivity index (χ1v) is 43.6. The van der Waals surface area contributed by atoms with Crippen LogP contribution in [0.3, 0.4) is 0 Å². The number of hydrogen-bond acceptors (Lipinski definition) is 20. The van der Waals surface area contributed by atoms with Gasteiger partial charge in [-0.15, -0.1) is 0 Å². The molecule has 2 aliphatic carbocycles. The Morgan fingerprint density at radius 1 is 0.433 bits per heavy atom.